The van der Waals surface area contributed by atoms with Crippen LogP contribution in [0.3, 0.4) is 0 Å². The van der Waals surface area contributed by atoms with Crippen molar-refractivity contribution in [1.29, 1.82) is 0 Å². The van der Waals surface area contributed by atoms with Gasteiger partial charge in [-0.3, -0.25) is 4.57 Å². The van der Waals surface area contributed by atoms with Gasteiger partial charge in [-0.05, 0) is 38.3 Å². The number of benzene rings is 1. The summed E-state index contributed by atoms with van der Waals surface area (Å²) in [5.74, 6) is -0.415. The summed E-state index contributed by atoms with van der Waals surface area (Å²) in [4.78, 5) is 24.2. The largest absolute Gasteiger partial charge is 0.419 e. The van der Waals surface area contributed by atoms with Crippen LogP contribution < -0.4 is 16.4 Å². The molecule has 2 aromatic rings. The molecule has 146 valence electrons. The van der Waals surface area contributed by atoms with Gasteiger partial charge in [-0.15, -0.1) is 0 Å². The molecule has 2 fully saturated rings. The van der Waals surface area contributed by atoms with Crippen molar-refractivity contribution >= 4 is 22.8 Å². The molecule has 0 bridgehead atoms. The van der Waals surface area contributed by atoms with E-state index >= 15 is 0 Å². The number of carbonyl (C=O) groups excluding carboxylic acids is 1. The summed E-state index contributed by atoms with van der Waals surface area (Å²) >= 11 is 0. The molecule has 0 aliphatic heterocycles. The number of anilines is 1. The lowest BCUT2D eigenvalue weighted by atomic mass is 9.55. The van der Waals surface area contributed by atoms with E-state index in [9.17, 15) is 9.59 Å². The third kappa shape index (κ3) is 3.14. The lowest BCUT2D eigenvalue weighted by molar-refractivity contribution is -0.146. The Hall–Kier alpha value is -2.28. The summed E-state index contributed by atoms with van der Waals surface area (Å²) in [7, 11) is 1.66. The minimum atomic E-state index is -0.415. The lowest BCUT2D eigenvalue weighted by Crippen LogP contribution is -2.65. The highest BCUT2D eigenvalue weighted by molar-refractivity contribution is 5.91. The first-order valence-electron chi connectivity index (χ1n) is 9.82. The number of oxazole rings is 1. The molecule has 7 heteroatoms. The predicted molar refractivity (Wildman–Crippen MR) is 103 cm³/mol. The van der Waals surface area contributed by atoms with Crippen LogP contribution in [-0.4, -0.2) is 29.4 Å². The normalized spacial score (nSPS) is 23.9. The van der Waals surface area contributed by atoms with Crippen molar-refractivity contribution in [2.45, 2.75) is 57.6 Å². The summed E-state index contributed by atoms with van der Waals surface area (Å²) in [5, 5.41) is 6.02. The summed E-state index contributed by atoms with van der Waals surface area (Å²) in [6.07, 6.45) is 7.02. The van der Waals surface area contributed by atoms with E-state index in [1.165, 1.54) is 23.8 Å². The summed E-state index contributed by atoms with van der Waals surface area (Å²) in [5.41, 5.74) is 1.85. The van der Waals surface area contributed by atoms with Gasteiger partial charge < -0.3 is 19.8 Å². The number of aryl methyl sites for hydroxylation is 1. The average molecular weight is 373 g/mol. The van der Waals surface area contributed by atoms with Crippen molar-refractivity contribution in [3.63, 3.8) is 0 Å². The van der Waals surface area contributed by atoms with E-state index in [1.54, 1.807) is 25.2 Å². The van der Waals surface area contributed by atoms with Gasteiger partial charge in [-0.1, -0.05) is 19.3 Å². The molecule has 2 N–H and O–H groups in total. The van der Waals surface area contributed by atoms with Crippen LogP contribution >= 0.6 is 0 Å². The number of carbonyl (C=O) groups is 1. The Bertz CT molecular complexity index is 894. The number of aromatic nitrogens is 1. The van der Waals surface area contributed by atoms with Crippen LogP contribution in [0.4, 0.5) is 10.5 Å². The number of hydrogen-bond donors (Lipinski definition) is 2. The molecule has 1 aromatic carbocycles. The number of rotatable bonds is 4. The Balaban J connectivity index is 1.44. The SMILES string of the molecule is CCO[C@@H]1C[C@@H](NC(=O)Nc2ccc3c(c2)oc(=O)n3C)C12CCCCC2. The molecule has 2 saturated carbocycles. The molecule has 0 radical (unpaired) electrons. The first kappa shape index (κ1) is 18.1. The molecule has 7 nitrogen and oxygen atoms in total. The van der Waals surface area contributed by atoms with Crippen LogP contribution in [0.2, 0.25) is 0 Å². The molecule has 4 rings (SSSR count). The van der Waals surface area contributed by atoms with E-state index in [0.717, 1.165) is 19.3 Å². The molecule has 1 aromatic heterocycles. The number of ether oxygens (including phenoxy) is 1. The Kier molecular flexibility index (Phi) is 4.72. The zero-order valence-corrected chi connectivity index (χ0v) is 15.9. The van der Waals surface area contributed by atoms with Crippen molar-refractivity contribution in [2.24, 2.45) is 12.5 Å². The molecular formula is C20H27N3O4. The van der Waals surface area contributed by atoms with Gasteiger partial charge >= 0.3 is 11.8 Å². The number of nitrogens with one attached hydrogen (secondary N) is 2. The van der Waals surface area contributed by atoms with Gasteiger partial charge in [0.25, 0.3) is 0 Å². The van der Waals surface area contributed by atoms with Crippen LogP contribution in [0.1, 0.15) is 45.4 Å². The van der Waals surface area contributed by atoms with Crippen molar-refractivity contribution in [1.82, 2.24) is 9.88 Å². The Labute approximate surface area is 158 Å². The van der Waals surface area contributed by atoms with Gasteiger partial charge in [0.2, 0.25) is 0 Å². The lowest BCUT2D eigenvalue weighted by Gasteiger charge is -2.57. The van der Waals surface area contributed by atoms with Crippen LogP contribution in [0.25, 0.3) is 11.1 Å². The third-order valence-corrected chi connectivity index (χ3v) is 6.29. The monoisotopic (exact) mass is 373 g/mol. The standard InChI is InChI=1S/C20H27N3O4/c1-3-26-17-12-16(20(17)9-5-4-6-10-20)22-18(24)21-13-7-8-14-15(11-13)27-19(25)23(14)2/h7-8,11,16-17H,3-6,9-10,12H2,1-2H3,(H2,21,22,24)/t16-,17-/m1/s1. The van der Waals surface area contributed by atoms with Gasteiger partial charge in [-0.25, -0.2) is 9.59 Å². The van der Waals surface area contributed by atoms with Crippen molar-refractivity contribution in [2.75, 3.05) is 11.9 Å². The molecule has 1 spiro atoms. The number of nitrogens with zero attached hydrogens (tertiary/aromatic N) is 1. The zero-order chi connectivity index (χ0) is 19.0. The highest BCUT2D eigenvalue weighted by Gasteiger charge is 2.56. The average Bonchev–Trinajstić information content (AvgIpc) is 2.95. The minimum Gasteiger partial charge on any atom is -0.408 e. The van der Waals surface area contributed by atoms with Crippen LogP contribution in [-0.2, 0) is 11.8 Å². The van der Waals surface area contributed by atoms with E-state index in [0.29, 0.717) is 23.4 Å². The Morgan fingerprint density at radius 2 is 2.11 bits per heavy atom. The fourth-order valence-corrected chi connectivity index (χ4v) is 4.80. The molecule has 2 aliphatic rings. The summed E-state index contributed by atoms with van der Waals surface area (Å²) in [6.45, 7) is 2.75. The molecular weight excluding hydrogens is 346 g/mol. The van der Waals surface area contributed by atoms with E-state index in [2.05, 4.69) is 10.6 Å². The maximum atomic E-state index is 12.6. The van der Waals surface area contributed by atoms with Gasteiger partial charge in [0.15, 0.2) is 5.58 Å². The topological polar surface area (TPSA) is 85.5 Å². The molecule has 1 heterocycles. The molecule has 27 heavy (non-hydrogen) atoms. The van der Waals surface area contributed by atoms with E-state index in [4.69, 9.17) is 9.15 Å². The van der Waals surface area contributed by atoms with Gasteiger partial charge in [0.05, 0.1) is 11.6 Å². The minimum absolute atomic E-state index is 0.0851. The highest BCUT2D eigenvalue weighted by atomic mass is 16.5. The summed E-state index contributed by atoms with van der Waals surface area (Å²) < 4.78 is 12.6. The third-order valence-electron chi connectivity index (χ3n) is 6.29. The van der Waals surface area contributed by atoms with E-state index in [-0.39, 0.29) is 23.6 Å². The van der Waals surface area contributed by atoms with Gasteiger partial charge in [0.1, 0.15) is 0 Å². The van der Waals surface area contributed by atoms with Crippen molar-refractivity contribution < 1.29 is 13.9 Å². The second-order valence-electron chi connectivity index (χ2n) is 7.73. The Morgan fingerprint density at radius 3 is 2.85 bits per heavy atom. The molecule has 0 unspecified atom stereocenters. The quantitative estimate of drug-likeness (QED) is 0.860. The number of hydrogen-bond acceptors (Lipinski definition) is 4. The smallest absolute Gasteiger partial charge is 0.408 e. The highest BCUT2D eigenvalue weighted by Crippen LogP contribution is 2.53. The van der Waals surface area contributed by atoms with Gasteiger partial charge in [-0.2, -0.15) is 0 Å². The molecule has 2 amide bonds. The second kappa shape index (κ2) is 7.03. The zero-order valence-electron chi connectivity index (χ0n) is 15.9. The molecule has 2 aliphatic carbocycles. The number of urea groups is 1. The van der Waals surface area contributed by atoms with Crippen LogP contribution in [0.5, 0.6) is 0 Å². The predicted octanol–water partition coefficient (Wildman–Crippen LogP) is 3.38. The second-order valence-corrected chi connectivity index (χ2v) is 7.73. The maximum absolute atomic E-state index is 12.6. The fraction of sp³-hybridized carbons (Fsp3) is 0.600. The van der Waals surface area contributed by atoms with E-state index in [1.807, 2.05) is 6.92 Å². The summed E-state index contributed by atoms with van der Waals surface area (Å²) in [6, 6.07) is 5.14. The first-order valence-corrected chi connectivity index (χ1v) is 9.82. The van der Waals surface area contributed by atoms with Crippen LogP contribution in [0.15, 0.2) is 27.4 Å². The first-order chi connectivity index (χ1) is 13.0. The van der Waals surface area contributed by atoms with Crippen molar-refractivity contribution in [3.05, 3.63) is 28.7 Å². The van der Waals surface area contributed by atoms with E-state index < -0.39 is 5.76 Å². The van der Waals surface area contributed by atoms with Crippen molar-refractivity contribution in [3.8, 4) is 0 Å². The molecule has 2 atom stereocenters. The fourth-order valence-electron chi connectivity index (χ4n) is 4.80. The van der Waals surface area contributed by atoms with Crippen LogP contribution in [0, 0.1) is 5.41 Å². The Morgan fingerprint density at radius 1 is 1.33 bits per heavy atom. The molecule has 0 saturated heterocycles. The maximum Gasteiger partial charge on any atom is 0.419 e. The van der Waals surface area contributed by atoms with Gasteiger partial charge in [0, 0.05) is 36.9 Å². The number of amides is 2. The number of fused-ring (bicyclic) bond motifs is 1.